The minimum atomic E-state index is -4.88. The van der Waals surface area contributed by atoms with E-state index < -0.39 is 34.8 Å². The third-order valence-corrected chi connectivity index (χ3v) is 6.69. The summed E-state index contributed by atoms with van der Waals surface area (Å²) >= 11 is 6.04. The van der Waals surface area contributed by atoms with Gasteiger partial charge in [0.2, 0.25) is 5.95 Å². The van der Waals surface area contributed by atoms with E-state index in [-0.39, 0.29) is 45.1 Å². The van der Waals surface area contributed by atoms with Crippen molar-refractivity contribution < 1.29 is 30.7 Å². The first-order chi connectivity index (χ1) is 19.2. The number of rotatable bonds is 6. The molecule has 2 heterocycles. The molecular formula is C28H17BClF7N4. The van der Waals surface area contributed by atoms with Crippen molar-refractivity contribution >= 4 is 41.9 Å². The third kappa shape index (κ3) is 5.88. The number of pyridine rings is 1. The third-order valence-electron chi connectivity index (χ3n) is 6.47. The summed E-state index contributed by atoms with van der Waals surface area (Å²) in [7, 11) is 5.87. The summed E-state index contributed by atoms with van der Waals surface area (Å²) in [6.07, 6.45) is -8.39. The summed E-state index contributed by atoms with van der Waals surface area (Å²) in [6.45, 7) is 0. The highest BCUT2D eigenvalue weighted by Crippen LogP contribution is 2.40. The number of hydrogen-bond donors (Lipinski definition) is 2. The fraction of sp³-hybridized carbons (Fsp3) is 0.143. The van der Waals surface area contributed by atoms with Crippen molar-refractivity contribution in [3.05, 3.63) is 118 Å². The molecule has 0 amide bonds. The van der Waals surface area contributed by atoms with Gasteiger partial charge in [-0.15, -0.1) is 0 Å². The summed E-state index contributed by atoms with van der Waals surface area (Å²) in [4.78, 5) is 11.4. The van der Waals surface area contributed by atoms with Crippen LogP contribution in [0.1, 0.15) is 27.9 Å². The Kier molecular flexibility index (Phi) is 7.23. The van der Waals surface area contributed by atoms with E-state index in [0.29, 0.717) is 11.6 Å². The van der Waals surface area contributed by atoms with Crippen molar-refractivity contribution in [2.75, 3.05) is 5.32 Å². The maximum Gasteiger partial charge on any atom is 0.416 e. The van der Waals surface area contributed by atoms with E-state index >= 15 is 0 Å². The van der Waals surface area contributed by atoms with Crippen LogP contribution >= 0.6 is 11.6 Å². The Morgan fingerprint density at radius 1 is 0.829 bits per heavy atom. The lowest BCUT2D eigenvalue weighted by Crippen LogP contribution is -2.40. The van der Waals surface area contributed by atoms with Crippen LogP contribution in [0.15, 0.2) is 79.0 Å². The second-order valence-corrected chi connectivity index (χ2v) is 9.76. The molecule has 0 saturated heterocycles. The Hall–Kier alpha value is -4.06. The summed E-state index contributed by atoms with van der Waals surface area (Å²) in [5, 5.41) is 3.26. The van der Waals surface area contributed by atoms with Crippen LogP contribution in [-0.4, -0.2) is 22.8 Å². The van der Waals surface area contributed by atoms with Crippen LogP contribution in [0.3, 0.4) is 0 Å². The molecule has 0 aliphatic rings. The summed E-state index contributed by atoms with van der Waals surface area (Å²) in [5.41, 5.74) is -3.78. The quantitative estimate of drug-likeness (QED) is 0.163. The molecule has 41 heavy (non-hydrogen) atoms. The number of anilines is 1. The number of nitrogens with one attached hydrogen (secondary N) is 2. The van der Waals surface area contributed by atoms with Gasteiger partial charge in [0.1, 0.15) is 19.2 Å². The molecule has 1 atom stereocenters. The lowest BCUT2D eigenvalue weighted by atomic mass is 9.80. The maximum atomic E-state index is 14.8. The van der Waals surface area contributed by atoms with Gasteiger partial charge in [0.25, 0.3) is 0 Å². The lowest BCUT2D eigenvalue weighted by molar-refractivity contribution is -0.138. The topological polar surface area (TPSA) is 53.6 Å². The molecule has 3 aromatic carbocycles. The van der Waals surface area contributed by atoms with Crippen LogP contribution in [0.25, 0.3) is 11.0 Å². The number of hydrogen-bond acceptors (Lipinski definition) is 3. The second-order valence-electron chi connectivity index (χ2n) is 9.33. The minimum Gasteiger partial charge on any atom is -0.340 e. The monoisotopic (exact) mass is 588 g/mol. The average molecular weight is 589 g/mol. The Morgan fingerprint density at radius 2 is 1.49 bits per heavy atom. The smallest absolute Gasteiger partial charge is 0.340 e. The van der Waals surface area contributed by atoms with Gasteiger partial charge in [-0.05, 0) is 47.5 Å². The van der Waals surface area contributed by atoms with Crippen LogP contribution in [0.2, 0.25) is 5.02 Å². The van der Waals surface area contributed by atoms with Gasteiger partial charge < -0.3 is 10.3 Å². The zero-order valence-corrected chi connectivity index (χ0v) is 21.5. The van der Waals surface area contributed by atoms with Crippen molar-refractivity contribution in [1.82, 2.24) is 15.0 Å². The Balaban J connectivity index is 1.77. The second kappa shape index (κ2) is 10.4. The molecule has 208 valence electrons. The number of aromatic amines is 1. The molecule has 0 aliphatic heterocycles. The predicted molar refractivity (Wildman–Crippen MR) is 142 cm³/mol. The fourth-order valence-corrected chi connectivity index (χ4v) is 4.73. The van der Waals surface area contributed by atoms with Crippen molar-refractivity contribution in [3.63, 3.8) is 0 Å². The highest BCUT2D eigenvalue weighted by atomic mass is 35.5. The molecule has 13 heteroatoms. The predicted octanol–water partition coefficient (Wildman–Crippen LogP) is 7.18. The molecule has 5 rings (SSSR count). The van der Waals surface area contributed by atoms with Gasteiger partial charge in [0, 0.05) is 12.6 Å². The average Bonchev–Trinajstić information content (AvgIpc) is 3.31. The summed E-state index contributed by atoms with van der Waals surface area (Å²) in [5.74, 6) is -1.30. The van der Waals surface area contributed by atoms with Crippen LogP contribution in [-0.2, 0) is 24.3 Å². The highest BCUT2D eigenvalue weighted by Gasteiger charge is 2.40. The molecule has 5 aromatic rings. The summed E-state index contributed by atoms with van der Waals surface area (Å²) in [6, 6.07) is 15.1. The number of H-pyrrole nitrogens is 1. The molecule has 2 aromatic heterocycles. The maximum absolute atomic E-state index is 14.8. The number of aromatic nitrogens is 3. The number of fused-ring (bicyclic) bond motifs is 1. The normalized spacial score (nSPS) is 13.8. The molecule has 4 nitrogen and oxygen atoms in total. The number of halogens is 8. The molecule has 0 saturated carbocycles. The van der Waals surface area contributed by atoms with Crippen molar-refractivity contribution in [2.45, 2.75) is 24.3 Å². The van der Waals surface area contributed by atoms with Crippen molar-refractivity contribution in [3.8, 4) is 0 Å². The van der Waals surface area contributed by atoms with Gasteiger partial charge in [0.15, 0.2) is 0 Å². The van der Waals surface area contributed by atoms with E-state index in [1.165, 1.54) is 18.3 Å². The highest BCUT2D eigenvalue weighted by molar-refractivity contribution is 6.38. The number of alkyl halides is 6. The number of benzene rings is 3. The van der Waals surface area contributed by atoms with Crippen LogP contribution in [0.4, 0.5) is 36.7 Å². The van der Waals surface area contributed by atoms with Gasteiger partial charge in [0.05, 0.1) is 32.9 Å². The minimum absolute atomic E-state index is 0.00611. The fourth-order valence-electron chi connectivity index (χ4n) is 4.62. The van der Waals surface area contributed by atoms with Crippen LogP contribution < -0.4 is 10.8 Å². The number of nitrogens with zero attached hydrogens (tertiary/aromatic N) is 2. The first-order valence-electron chi connectivity index (χ1n) is 11.9. The first kappa shape index (κ1) is 28.5. The van der Waals surface area contributed by atoms with Gasteiger partial charge in [-0.2, -0.15) is 26.3 Å². The molecule has 0 unspecified atom stereocenters. The van der Waals surface area contributed by atoms with Gasteiger partial charge >= 0.3 is 12.4 Å². The van der Waals surface area contributed by atoms with Gasteiger partial charge in [-0.25, -0.2) is 9.37 Å². The molecule has 0 spiro atoms. The standard InChI is InChI=1S/C28H17BClF7N4/c29-21-11-18(28(35,36)37)12-22-24(21)40-25(39-22)41-26(13-15-4-2-1-3-5-15,23-7-6-19(30)14-38-23)16-8-17(27(32,33)34)10-20(31)9-16/h1-12,14H,13H2,(H2,39,40,41)/t26-/m1/s1. The Labute approximate surface area is 235 Å². The Bertz CT molecular complexity index is 1700. The zero-order valence-electron chi connectivity index (χ0n) is 20.7. The zero-order chi connectivity index (χ0) is 29.6. The van der Waals surface area contributed by atoms with E-state index in [4.69, 9.17) is 19.4 Å². The van der Waals surface area contributed by atoms with Crippen LogP contribution in [0, 0.1) is 5.82 Å². The Morgan fingerprint density at radius 3 is 2.12 bits per heavy atom. The summed E-state index contributed by atoms with van der Waals surface area (Å²) < 4.78 is 96.5. The van der Waals surface area contributed by atoms with Gasteiger partial charge in [-0.1, -0.05) is 53.5 Å². The van der Waals surface area contributed by atoms with E-state index in [2.05, 4.69) is 20.3 Å². The number of imidazole rings is 1. The SMILES string of the molecule is [B]c1cc(C(F)(F)F)cc2[nH]c(N[C@](Cc3ccccc3)(c3cc(F)cc(C(F)(F)F)c3)c3ccc(Cl)cn3)nc12. The lowest BCUT2D eigenvalue weighted by Gasteiger charge is -2.36. The van der Waals surface area contributed by atoms with E-state index in [1.54, 1.807) is 30.3 Å². The van der Waals surface area contributed by atoms with E-state index in [1.807, 2.05) is 0 Å². The molecule has 2 N–H and O–H groups in total. The van der Waals surface area contributed by atoms with Crippen molar-refractivity contribution in [1.29, 1.82) is 0 Å². The van der Waals surface area contributed by atoms with Crippen molar-refractivity contribution in [2.24, 2.45) is 0 Å². The largest absolute Gasteiger partial charge is 0.416 e. The van der Waals surface area contributed by atoms with E-state index in [0.717, 1.165) is 24.3 Å². The first-order valence-corrected chi connectivity index (χ1v) is 12.3. The molecule has 0 aliphatic carbocycles. The molecule has 2 radical (unpaired) electrons. The van der Waals surface area contributed by atoms with Crippen LogP contribution in [0.5, 0.6) is 0 Å². The van der Waals surface area contributed by atoms with Gasteiger partial charge in [-0.3, -0.25) is 4.98 Å². The molecule has 0 fully saturated rings. The molecule has 0 bridgehead atoms. The molecular weight excluding hydrogens is 572 g/mol. The van der Waals surface area contributed by atoms with E-state index in [9.17, 15) is 30.7 Å².